The van der Waals surface area contributed by atoms with Gasteiger partial charge in [0.2, 0.25) is 0 Å². The van der Waals surface area contributed by atoms with Gasteiger partial charge in [0, 0.05) is 28.7 Å². The van der Waals surface area contributed by atoms with Crippen LogP contribution < -0.4 is 10.1 Å². The van der Waals surface area contributed by atoms with Crippen molar-refractivity contribution in [1.82, 2.24) is 15.1 Å². The van der Waals surface area contributed by atoms with Gasteiger partial charge in [-0.15, -0.1) is 0 Å². The molecule has 4 rings (SSSR count). The first-order chi connectivity index (χ1) is 12.2. The summed E-state index contributed by atoms with van der Waals surface area (Å²) in [7, 11) is 1.64. The number of hydrogen-bond donors (Lipinski definition) is 1. The number of hydrogen-bond acceptors (Lipinski definition) is 3. The van der Waals surface area contributed by atoms with Crippen molar-refractivity contribution in [3.63, 3.8) is 0 Å². The molecule has 4 nitrogen and oxygen atoms in total. The molecule has 0 atom stereocenters. The van der Waals surface area contributed by atoms with E-state index >= 15 is 0 Å². The van der Waals surface area contributed by atoms with Gasteiger partial charge >= 0.3 is 0 Å². The van der Waals surface area contributed by atoms with Crippen LogP contribution in [0.15, 0.2) is 46.9 Å². The van der Waals surface area contributed by atoms with Gasteiger partial charge in [-0.25, -0.2) is 4.39 Å². The van der Waals surface area contributed by atoms with Gasteiger partial charge in [0.05, 0.1) is 25.0 Å². The standard InChI is InChI=1S/C19H17BrFN3O/c1-25-14-7-12(6-13(20)8-14)11-24-19(15-4-2-3-5-17(15)21)16-9-22-10-18(16)23-24/h2-8,22H,9-11H2,1H3. The third-order valence-electron chi connectivity index (χ3n) is 4.36. The zero-order chi connectivity index (χ0) is 17.4. The van der Waals surface area contributed by atoms with Crippen LogP contribution in [0.4, 0.5) is 4.39 Å². The van der Waals surface area contributed by atoms with Gasteiger partial charge in [0.1, 0.15) is 11.6 Å². The molecule has 2 aromatic carbocycles. The van der Waals surface area contributed by atoms with E-state index in [0.717, 1.165) is 32.7 Å². The first kappa shape index (κ1) is 16.3. The van der Waals surface area contributed by atoms with Crippen molar-refractivity contribution < 1.29 is 9.13 Å². The third-order valence-corrected chi connectivity index (χ3v) is 4.81. The Balaban J connectivity index is 1.81. The van der Waals surface area contributed by atoms with Gasteiger partial charge in [-0.1, -0.05) is 28.1 Å². The van der Waals surface area contributed by atoms with Gasteiger partial charge in [-0.2, -0.15) is 5.10 Å². The van der Waals surface area contributed by atoms with E-state index < -0.39 is 0 Å². The highest BCUT2D eigenvalue weighted by molar-refractivity contribution is 9.10. The highest BCUT2D eigenvalue weighted by Crippen LogP contribution is 2.32. The third kappa shape index (κ3) is 3.07. The Labute approximate surface area is 153 Å². The molecule has 0 unspecified atom stereocenters. The Hall–Kier alpha value is -2.18. The van der Waals surface area contributed by atoms with Crippen LogP contribution in [0.1, 0.15) is 16.8 Å². The predicted octanol–water partition coefficient (Wildman–Crippen LogP) is 4.11. The lowest BCUT2D eigenvalue weighted by atomic mass is 10.1. The molecule has 25 heavy (non-hydrogen) atoms. The second-order valence-corrected chi connectivity index (χ2v) is 6.93. The van der Waals surface area contributed by atoms with E-state index in [1.165, 1.54) is 6.07 Å². The number of rotatable bonds is 4. The highest BCUT2D eigenvalue weighted by Gasteiger charge is 2.24. The SMILES string of the molecule is COc1cc(Br)cc(Cn2nc3c(c2-c2ccccc2F)CNC3)c1. The predicted molar refractivity (Wildman–Crippen MR) is 98.0 cm³/mol. The Kier molecular flexibility index (Phi) is 4.31. The zero-order valence-electron chi connectivity index (χ0n) is 13.7. The van der Waals surface area contributed by atoms with Crippen LogP contribution in [0, 0.1) is 5.82 Å². The zero-order valence-corrected chi connectivity index (χ0v) is 15.3. The van der Waals surface area contributed by atoms with Crippen molar-refractivity contribution in [1.29, 1.82) is 0 Å². The second kappa shape index (κ2) is 6.61. The first-order valence-corrected chi connectivity index (χ1v) is 8.82. The van der Waals surface area contributed by atoms with Gasteiger partial charge in [0.25, 0.3) is 0 Å². The normalized spacial score (nSPS) is 13.1. The van der Waals surface area contributed by atoms with Crippen molar-refractivity contribution in [3.8, 4) is 17.0 Å². The Morgan fingerprint density at radius 1 is 1.24 bits per heavy atom. The molecule has 0 bridgehead atoms. The molecule has 6 heteroatoms. The molecule has 0 spiro atoms. The smallest absolute Gasteiger partial charge is 0.132 e. The summed E-state index contributed by atoms with van der Waals surface area (Å²) < 4.78 is 22.6. The molecular weight excluding hydrogens is 385 g/mol. The molecule has 1 aliphatic heterocycles. The van der Waals surface area contributed by atoms with E-state index in [0.29, 0.717) is 25.2 Å². The first-order valence-electron chi connectivity index (χ1n) is 8.03. The maximum atomic E-state index is 14.4. The molecule has 0 aliphatic carbocycles. The maximum absolute atomic E-state index is 14.4. The number of ether oxygens (including phenoxy) is 1. The lowest BCUT2D eigenvalue weighted by molar-refractivity contribution is 0.413. The lowest BCUT2D eigenvalue weighted by Crippen LogP contribution is -2.10. The topological polar surface area (TPSA) is 39.1 Å². The molecule has 0 fully saturated rings. The summed E-state index contributed by atoms with van der Waals surface area (Å²) in [5, 5.41) is 8.01. The van der Waals surface area contributed by atoms with E-state index in [1.807, 2.05) is 35.0 Å². The highest BCUT2D eigenvalue weighted by atomic mass is 79.9. The number of nitrogens with one attached hydrogen (secondary N) is 1. The van der Waals surface area contributed by atoms with Crippen LogP contribution in [0.2, 0.25) is 0 Å². The molecule has 0 saturated carbocycles. The van der Waals surface area contributed by atoms with E-state index in [9.17, 15) is 4.39 Å². The number of halogens is 2. The monoisotopic (exact) mass is 401 g/mol. The Bertz CT molecular complexity index is 938. The molecule has 0 saturated heterocycles. The molecule has 2 heterocycles. The molecule has 0 amide bonds. The molecule has 1 N–H and O–H groups in total. The maximum Gasteiger partial charge on any atom is 0.132 e. The fraction of sp³-hybridized carbons (Fsp3) is 0.211. The quantitative estimate of drug-likeness (QED) is 0.714. The molecule has 0 radical (unpaired) electrons. The summed E-state index contributed by atoms with van der Waals surface area (Å²) in [4.78, 5) is 0. The summed E-state index contributed by atoms with van der Waals surface area (Å²) in [6.45, 7) is 1.97. The minimum absolute atomic E-state index is 0.231. The van der Waals surface area contributed by atoms with E-state index in [-0.39, 0.29) is 5.82 Å². The summed E-state index contributed by atoms with van der Waals surface area (Å²) in [5.74, 6) is 0.545. The van der Waals surface area contributed by atoms with Crippen molar-refractivity contribution >= 4 is 15.9 Å². The van der Waals surface area contributed by atoms with Gasteiger partial charge in [-0.3, -0.25) is 4.68 Å². The van der Waals surface area contributed by atoms with Crippen LogP contribution in [0.3, 0.4) is 0 Å². The Morgan fingerprint density at radius 3 is 2.88 bits per heavy atom. The fourth-order valence-corrected chi connectivity index (χ4v) is 3.77. The second-order valence-electron chi connectivity index (χ2n) is 6.01. The number of fused-ring (bicyclic) bond motifs is 1. The van der Waals surface area contributed by atoms with Crippen LogP contribution in [-0.4, -0.2) is 16.9 Å². The summed E-state index contributed by atoms with van der Waals surface area (Å²) in [6.07, 6.45) is 0. The summed E-state index contributed by atoms with van der Waals surface area (Å²) in [6, 6.07) is 12.8. The average Bonchev–Trinajstić information content (AvgIpc) is 3.16. The van der Waals surface area contributed by atoms with E-state index in [1.54, 1.807) is 13.2 Å². The molecule has 128 valence electrons. The van der Waals surface area contributed by atoms with Crippen molar-refractivity contribution in [2.45, 2.75) is 19.6 Å². The molecule has 1 aliphatic rings. The fourth-order valence-electron chi connectivity index (χ4n) is 3.25. The van der Waals surface area contributed by atoms with Gasteiger partial charge in [0.15, 0.2) is 0 Å². The minimum Gasteiger partial charge on any atom is -0.497 e. The Morgan fingerprint density at radius 2 is 2.08 bits per heavy atom. The van der Waals surface area contributed by atoms with Crippen LogP contribution in [0.25, 0.3) is 11.3 Å². The molecule has 1 aromatic heterocycles. The number of nitrogens with zero attached hydrogens (tertiary/aromatic N) is 2. The van der Waals surface area contributed by atoms with E-state index in [4.69, 9.17) is 9.84 Å². The molecular formula is C19H17BrFN3O. The number of methoxy groups -OCH3 is 1. The number of aromatic nitrogens is 2. The van der Waals surface area contributed by atoms with Crippen molar-refractivity contribution in [2.24, 2.45) is 0 Å². The molecule has 3 aromatic rings. The van der Waals surface area contributed by atoms with Crippen LogP contribution in [-0.2, 0) is 19.6 Å². The van der Waals surface area contributed by atoms with Gasteiger partial charge < -0.3 is 10.1 Å². The van der Waals surface area contributed by atoms with Crippen molar-refractivity contribution in [3.05, 3.63) is 69.6 Å². The summed E-state index contributed by atoms with van der Waals surface area (Å²) >= 11 is 3.51. The summed E-state index contributed by atoms with van der Waals surface area (Å²) in [5.41, 5.74) is 4.53. The largest absolute Gasteiger partial charge is 0.497 e. The average molecular weight is 402 g/mol. The van der Waals surface area contributed by atoms with Crippen LogP contribution in [0.5, 0.6) is 5.75 Å². The van der Waals surface area contributed by atoms with Gasteiger partial charge in [-0.05, 0) is 35.9 Å². The number of benzene rings is 2. The van der Waals surface area contributed by atoms with Crippen LogP contribution >= 0.6 is 15.9 Å². The minimum atomic E-state index is -0.231. The lowest BCUT2D eigenvalue weighted by Gasteiger charge is -2.12. The van der Waals surface area contributed by atoms with Crippen molar-refractivity contribution in [2.75, 3.05) is 7.11 Å². The van der Waals surface area contributed by atoms with E-state index in [2.05, 4.69) is 21.2 Å².